The van der Waals surface area contributed by atoms with Crippen LogP contribution in [-0.4, -0.2) is 14.1 Å². The summed E-state index contributed by atoms with van der Waals surface area (Å²) in [7, 11) is 0. The fourth-order valence-electron chi connectivity index (χ4n) is 2.77. The van der Waals surface area contributed by atoms with Gasteiger partial charge in [0, 0.05) is 18.1 Å². The number of fused-ring (bicyclic) bond motifs is 1. The number of nitriles is 1. The minimum Gasteiger partial charge on any atom is -0.299 e. The first-order valence-electron chi connectivity index (χ1n) is 7.76. The summed E-state index contributed by atoms with van der Waals surface area (Å²) in [5, 5.41) is 10.5. The van der Waals surface area contributed by atoms with Gasteiger partial charge in [-0.1, -0.05) is 29.8 Å². The largest absolute Gasteiger partial charge is 0.331 e. The van der Waals surface area contributed by atoms with Crippen molar-refractivity contribution in [2.75, 3.05) is 0 Å². The number of aromatic nitrogens is 3. The molecule has 126 valence electrons. The lowest BCUT2D eigenvalue weighted by Crippen LogP contribution is -2.41. The molecule has 0 aliphatic carbocycles. The zero-order valence-corrected chi connectivity index (χ0v) is 14.5. The molecule has 0 saturated carbocycles. The maximum absolute atomic E-state index is 12.5. The Labute approximate surface area is 148 Å². The lowest BCUT2D eigenvalue weighted by molar-refractivity contribution is 0.593. The van der Waals surface area contributed by atoms with E-state index in [2.05, 4.69) is 4.98 Å². The number of halogens is 1. The summed E-state index contributed by atoms with van der Waals surface area (Å²) in [6.07, 6.45) is 1.28. The van der Waals surface area contributed by atoms with Crippen molar-refractivity contribution in [3.8, 4) is 6.07 Å². The van der Waals surface area contributed by atoms with Gasteiger partial charge in [-0.2, -0.15) is 5.26 Å². The first-order valence-corrected chi connectivity index (χ1v) is 8.13. The second-order valence-electron chi connectivity index (χ2n) is 5.63. The Bertz CT molecular complexity index is 1140. The van der Waals surface area contributed by atoms with Crippen LogP contribution in [0.4, 0.5) is 0 Å². The highest BCUT2D eigenvalue weighted by Gasteiger charge is 2.15. The van der Waals surface area contributed by atoms with Gasteiger partial charge < -0.3 is 0 Å². The molecule has 0 aliphatic rings. The molecule has 0 aliphatic heterocycles. The number of aryl methyl sites for hydroxylation is 2. The van der Waals surface area contributed by atoms with Crippen molar-refractivity contribution in [2.24, 2.45) is 0 Å². The van der Waals surface area contributed by atoms with Crippen LogP contribution in [0, 0.1) is 18.3 Å². The van der Waals surface area contributed by atoms with E-state index in [0.717, 1.165) is 21.0 Å². The lowest BCUT2D eigenvalue weighted by Gasteiger charge is -2.12. The number of benzene rings is 1. The Kier molecular flexibility index (Phi) is 4.43. The summed E-state index contributed by atoms with van der Waals surface area (Å²) in [6, 6.07) is 9.35. The van der Waals surface area contributed by atoms with Gasteiger partial charge in [0.15, 0.2) is 0 Å². The highest BCUT2D eigenvalue weighted by Crippen LogP contribution is 2.26. The van der Waals surface area contributed by atoms with Gasteiger partial charge in [-0.15, -0.1) is 0 Å². The Hall–Kier alpha value is -2.91. The van der Waals surface area contributed by atoms with Crippen molar-refractivity contribution in [3.63, 3.8) is 0 Å². The summed E-state index contributed by atoms with van der Waals surface area (Å²) in [4.78, 5) is 29.4. The summed E-state index contributed by atoms with van der Waals surface area (Å²) in [5.74, 6) is 0. The van der Waals surface area contributed by atoms with Gasteiger partial charge in [0.1, 0.15) is 11.6 Å². The fraction of sp³-hybridized carbons (Fsp3) is 0.222. The zero-order valence-electron chi connectivity index (χ0n) is 13.8. The minimum atomic E-state index is -0.638. The SMILES string of the molecule is CCn1cc(C#N)c(=O)n(Cc2nc3ccccc3c(C)c2Cl)c1=O. The summed E-state index contributed by atoms with van der Waals surface area (Å²) in [5.41, 5.74) is 0.781. The zero-order chi connectivity index (χ0) is 18.1. The maximum atomic E-state index is 12.5. The summed E-state index contributed by atoms with van der Waals surface area (Å²) in [6.45, 7) is 3.90. The van der Waals surface area contributed by atoms with Crippen LogP contribution in [0.15, 0.2) is 40.1 Å². The quantitative estimate of drug-likeness (QED) is 0.723. The first-order chi connectivity index (χ1) is 12.0. The normalized spacial score (nSPS) is 10.8. The van der Waals surface area contributed by atoms with Crippen LogP contribution in [0.3, 0.4) is 0 Å². The average Bonchev–Trinajstić information content (AvgIpc) is 2.63. The molecule has 3 aromatic rings. The van der Waals surface area contributed by atoms with Crippen molar-refractivity contribution in [1.29, 1.82) is 5.26 Å². The van der Waals surface area contributed by atoms with Crippen molar-refractivity contribution in [2.45, 2.75) is 26.9 Å². The maximum Gasteiger partial charge on any atom is 0.331 e. The molecule has 0 fully saturated rings. The predicted octanol–water partition coefficient (Wildman–Crippen LogP) is 2.46. The lowest BCUT2D eigenvalue weighted by atomic mass is 10.1. The minimum absolute atomic E-state index is 0.0856. The van der Waals surface area contributed by atoms with Crippen LogP contribution in [0.5, 0.6) is 0 Å². The van der Waals surface area contributed by atoms with E-state index < -0.39 is 11.2 Å². The molecule has 2 heterocycles. The molecule has 0 N–H and O–H groups in total. The summed E-state index contributed by atoms with van der Waals surface area (Å²) >= 11 is 6.42. The highest BCUT2D eigenvalue weighted by atomic mass is 35.5. The third-order valence-corrected chi connectivity index (χ3v) is 4.65. The van der Waals surface area contributed by atoms with Gasteiger partial charge >= 0.3 is 5.69 Å². The molecule has 0 spiro atoms. The van der Waals surface area contributed by atoms with E-state index in [9.17, 15) is 9.59 Å². The van der Waals surface area contributed by atoms with E-state index in [4.69, 9.17) is 16.9 Å². The van der Waals surface area contributed by atoms with Crippen molar-refractivity contribution < 1.29 is 0 Å². The summed E-state index contributed by atoms with van der Waals surface area (Å²) < 4.78 is 2.33. The molecular formula is C18H15ClN4O2. The van der Waals surface area contributed by atoms with Crippen LogP contribution in [-0.2, 0) is 13.1 Å². The molecule has 7 heteroatoms. The standard InChI is InChI=1S/C18H15ClN4O2/c1-3-22-9-12(8-20)17(24)23(18(22)25)10-15-16(19)11(2)13-6-4-5-7-14(13)21-15/h4-7,9H,3,10H2,1-2H3. The third-order valence-electron chi connectivity index (χ3n) is 4.15. The second-order valence-corrected chi connectivity index (χ2v) is 6.01. The Balaban J connectivity index is 2.24. The Morgan fingerprint density at radius 3 is 2.68 bits per heavy atom. The van der Waals surface area contributed by atoms with Gasteiger partial charge in [-0.05, 0) is 25.5 Å². The van der Waals surface area contributed by atoms with Gasteiger partial charge in [-0.3, -0.25) is 13.9 Å². The van der Waals surface area contributed by atoms with E-state index in [0.29, 0.717) is 17.3 Å². The predicted molar refractivity (Wildman–Crippen MR) is 95.9 cm³/mol. The Morgan fingerprint density at radius 1 is 1.28 bits per heavy atom. The topological polar surface area (TPSA) is 80.7 Å². The molecule has 0 saturated heterocycles. The number of hydrogen-bond donors (Lipinski definition) is 0. The molecule has 0 atom stereocenters. The van der Waals surface area contributed by atoms with Gasteiger partial charge in [0.2, 0.25) is 0 Å². The van der Waals surface area contributed by atoms with E-state index >= 15 is 0 Å². The molecule has 2 aromatic heterocycles. The molecule has 1 aromatic carbocycles. The molecule has 0 radical (unpaired) electrons. The number of pyridine rings is 1. The molecular weight excluding hydrogens is 340 g/mol. The number of hydrogen-bond acceptors (Lipinski definition) is 4. The van der Waals surface area contributed by atoms with Crippen LogP contribution in [0.25, 0.3) is 10.9 Å². The monoisotopic (exact) mass is 354 g/mol. The molecule has 3 rings (SSSR count). The number of rotatable bonds is 3. The van der Waals surface area contributed by atoms with Crippen LogP contribution in [0.2, 0.25) is 5.02 Å². The fourth-order valence-corrected chi connectivity index (χ4v) is 2.97. The van der Waals surface area contributed by atoms with Crippen LogP contribution in [0.1, 0.15) is 23.7 Å². The second kappa shape index (κ2) is 6.54. The molecule has 6 nitrogen and oxygen atoms in total. The van der Waals surface area contributed by atoms with E-state index in [1.165, 1.54) is 10.8 Å². The highest BCUT2D eigenvalue weighted by molar-refractivity contribution is 6.32. The van der Waals surface area contributed by atoms with Crippen LogP contribution < -0.4 is 11.2 Å². The average molecular weight is 355 g/mol. The number of nitrogens with zero attached hydrogens (tertiary/aromatic N) is 4. The van der Waals surface area contributed by atoms with Crippen molar-refractivity contribution in [1.82, 2.24) is 14.1 Å². The Morgan fingerprint density at radius 2 is 2.00 bits per heavy atom. The van der Waals surface area contributed by atoms with Crippen molar-refractivity contribution in [3.05, 3.63) is 73.1 Å². The van der Waals surface area contributed by atoms with E-state index in [-0.39, 0.29) is 12.1 Å². The molecule has 0 unspecified atom stereocenters. The van der Waals surface area contributed by atoms with Gasteiger partial charge in [0.05, 0.1) is 22.8 Å². The van der Waals surface area contributed by atoms with Crippen LogP contribution >= 0.6 is 11.6 Å². The van der Waals surface area contributed by atoms with Gasteiger partial charge in [0.25, 0.3) is 5.56 Å². The first kappa shape index (κ1) is 16.9. The number of para-hydroxylation sites is 1. The van der Waals surface area contributed by atoms with Crippen molar-refractivity contribution >= 4 is 22.5 Å². The molecule has 0 amide bonds. The van der Waals surface area contributed by atoms with Gasteiger partial charge in [-0.25, -0.2) is 9.78 Å². The molecule has 25 heavy (non-hydrogen) atoms. The molecule has 0 bridgehead atoms. The van der Waals surface area contributed by atoms with E-state index in [1.807, 2.05) is 37.3 Å². The smallest absolute Gasteiger partial charge is 0.299 e. The third kappa shape index (κ3) is 2.83. The van der Waals surface area contributed by atoms with E-state index in [1.54, 1.807) is 6.92 Å².